The Morgan fingerprint density at radius 2 is 2.11 bits per heavy atom. The van der Waals surface area contributed by atoms with Crippen molar-refractivity contribution >= 4 is 23.2 Å². The van der Waals surface area contributed by atoms with Crippen LogP contribution >= 0.6 is 0 Å². The first kappa shape index (κ1) is 11.7. The van der Waals surface area contributed by atoms with Crippen LogP contribution in [0.25, 0.3) is 11.6 Å². The lowest BCUT2D eigenvalue weighted by Crippen LogP contribution is -2.03. The number of anilines is 1. The average molecular weight is 253 g/mol. The van der Waals surface area contributed by atoms with E-state index in [0.29, 0.717) is 12.1 Å². The van der Waals surface area contributed by atoms with Crippen molar-refractivity contribution in [2.24, 2.45) is 5.73 Å². The summed E-state index contributed by atoms with van der Waals surface area (Å²) in [5, 5.41) is 2.86. The number of aromatic nitrogens is 1. The smallest absolute Gasteiger partial charge is 0.256 e. The fourth-order valence-corrected chi connectivity index (χ4v) is 2.34. The van der Waals surface area contributed by atoms with Crippen molar-refractivity contribution in [2.75, 3.05) is 5.32 Å². The molecule has 0 radical (unpaired) electrons. The Labute approximate surface area is 111 Å². The Morgan fingerprint density at radius 3 is 2.84 bits per heavy atom. The number of benzene rings is 1. The van der Waals surface area contributed by atoms with Gasteiger partial charge in [0, 0.05) is 29.7 Å². The number of para-hydroxylation sites is 1. The molecule has 0 saturated heterocycles. The molecule has 1 amide bonds. The van der Waals surface area contributed by atoms with Crippen LogP contribution in [-0.2, 0) is 11.3 Å². The topological polar surface area (TPSA) is 70.9 Å². The molecule has 4 nitrogen and oxygen atoms in total. The highest BCUT2D eigenvalue weighted by molar-refractivity contribution is 6.34. The summed E-state index contributed by atoms with van der Waals surface area (Å²) in [5.74, 6) is -0.0653. The molecular formula is C15H15N3O. The van der Waals surface area contributed by atoms with E-state index in [4.69, 9.17) is 5.73 Å². The second-order valence-electron chi connectivity index (χ2n) is 4.61. The second kappa shape index (κ2) is 4.40. The number of nitrogens with one attached hydrogen (secondary N) is 2. The fourth-order valence-electron chi connectivity index (χ4n) is 2.34. The zero-order valence-electron chi connectivity index (χ0n) is 10.7. The zero-order valence-corrected chi connectivity index (χ0v) is 10.7. The summed E-state index contributed by atoms with van der Waals surface area (Å²) in [5.41, 5.74) is 11.2. The van der Waals surface area contributed by atoms with Crippen molar-refractivity contribution in [3.63, 3.8) is 0 Å². The van der Waals surface area contributed by atoms with Gasteiger partial charge in [-0.2, -0.15) is 0 Å². The number of hydrogen-bond acceptors (Lipinski definition) is 2. The van der Waals surface area contributed by atoms with E-state index in [0.717, 1.165) is 28.1 Å². The molecule has 0 fully saturated rings. The lowest BCUT2D eigenvalue weighted by Gasteiger charge is -1.99. The van der Waals surface area contributed by atoms with Gasteiger partial charge in [0.05, 0.1) is 5.57 Å². The SMILES string of the molecule is Cc1c(CN)c[nH]c1/C=C1\C(=O)Nc2ccccc21. The largest absolute Gasteiger partial charge is 0.361 e. The third-order valence-electron chi connectivity index (χ3n) is 3.51. The van der Waals surface area contributed by atoms with Gasteiger partial charge in [0.15, 0.2) is 0 Å². The molecule has 0 aliphatic carbocycles. The number of rotatable bonds is 2. The molecule has 1 aromatic heterocycles. The summed E-state index contributed by atoms with van der Waals surface area (Å²) in [6.07, 6.45) is 3.77. The van der Waals surface area contributed by atoms with Crippen molar-refractivity contribution in [1.82, 2.24) is 4.98 Å². The van der Waals surface area contributed by atoms with E-state index in [9.17, 15) is 4.79 Å². The van der Waals surface area contributed by atoms with Crippen LogP contribution in [0.1, 0.15) is 22.4 Å². The summed E-state index contributed by atoms with van der Waals surface area (Å²) in [6, 6.07) is 7.69. The number of aromatic amines is 1. The van der Waals surface area contributed by atoms with Crippen LogP contribution in [0.3, 0.4) is 0 Å². The highest BCUT2D eigenvalue weighted by Gasteiger charge is 2.23. The van der Waals surface area contributed by atoms with E-state index in [2.05, 4.69) is 10.3 Å². The summed E-state index contributed by atoms with van der Waals surface area (Å²) >= 11 is 0. The normalized spacial score (nSPS) is 15.7. The van der Waals surface area contributed by atoms with Crippen LogP contribution < -0.4 is 11.1 Å². The minimum absolute atomic E-state index is 0.0653. The summed E-state index contributed by atoms with van der Waals surface area (Å²) in [4.78, 5) is 15.2. The first-order valence-electron chi connectivity index (χ1n) is 6.20. The predicted molar refractivity (Wildman–Crippen MR) is 76.4 cm³/mol. The number of hydrogen-bond donors (Lipinski definition) is 3. The van der Waals surface area contributed by atoms with Crippen molar-refractivity contribution in [2.45, 2.75) is 13.5 Å². The molecule has 0 atom stereocenters. The number of fused-ring (bicyclic) bond motifs is 1. The summed E-state index contributed by atoms with van der Waals surface area (Å²) in [6.45, 7) is 2.50. The van der Waals surface area contributed by atoms with Crippen molar-refractivity contribution < 1.29 is 4.79 Å². The maximum atomic E-state index is 12.0. The van der Waals surface area contributed by atoms with Crippen molar-refractivity contribution in [3.05, 3.63) is 52.8 Å². The zero-order chi connectivity index (χ0) is 13.4. The van der Waals surface area contributed by atoms with Crippen LogP contribution in [-0.4, -0.2) is 10.9 Å². The number of H-pyrrole nitrogens is 1. The molecule has 3 rings (SSSR count). The van der Waals surface area contributed by atoms with Crippen LogP contribution in [0.15, 0.2) is 30.5 Å². The molecule has 1 aliphatic heterocycles. The molecule has 1 aliphatic rings. The van der Waals surface area contributed by atoms with Gasteiger partial charge in [-0.15, -0.1) is 0 Å². The van der Waals surface area contributed by atoms with Crippen LogP contribution in [0.2, 0.25) is 0 Å². The minimum Gasteiger partial charge on any atom is -0.361 e. The van der Waals surface area contributed by atoms with E-state index in [1.807, 2.05) is 43.5 Å². The van der Waals surface area contributed by atoms with Gasteiger partial charge in [-0.25, -0.2) is 0 Å². The first-order chi connectivity index (χ1) is 9.20. The van der Waals surface area contributed by atoms with Crippen LogP contribution in [0.5, 0.6) is 0 Å². The predicted octanol–water partition coefficient (Wildman–Crippen LogP) is 2.27. The first-order valence-corrected chi connectivity index (χ1v) is 6.20. The number of carbonyl (C=O) groups is 1. The fraction of sp³-hybridized carbons (Fsp3) is 0.133. The van der Waals surface area contributed by atoms with E-state index in [1.165, 1.54) is 0 Å². The minimum atomic E-state index is -0.0653. The second-order valence-corrected chi connectivity index (χ2v) is 4.61. The Kier molecular flexibility index (Phi) is 2.72. The number of carbonyl (C=O) groups excluding carboxylic acids is 1. The average Bonchev–Trinajstić information content (AvgIpc) is 2.92. The molecule has 2 heterocycles. The van der Waals surface area contributed by atoms with E-state index in [1.54, 1.807) is 0 Å². The Hall–Kier alpha value is -2.33. The highest BCUT2D eigenvalue weighted by atomic mass is 16.2. The van der Waals surface area contributed by atoms with Crippen LogP contribution in [0.4, 0.5) is 5.69 Å². The van der Waals surface area contributed by atoms with Gasteiger partial charge in [0.2, 0.25) is 0 Å². The van der Waals surface area contributed by atoms with Crippen molar-refractivity contribution in [3.8, 4) is 0 Å². The lowest BCUT2D eigenvalue weighted by molar-refractivity contribution is -0.110. The maximum Gasteiger partial charge on any atom is 0.256 e. The maximum absolute atomic E-state index is 12.0. The third kappa shape index (κ3) is 1.86. The summed E-state index contributed by atoms with van der Waals surface area (Å²) < 4.78 is 0. The summed E-state index contributed by atoms with van der Waals surface area (Å²) in [7, 11) is 0. The van der Waals surface area contributed by atoms with E-state index in [-0.39, 0.29) is 5.91 Å². The molecule has 4 heteroatoms. The number of nitrogens with two attached hydrogens (primary N) is 1. The molecule has 0 bridgehead atoms. The molecular weight excluding hydrogens is 238 g/mol. The van der Waals surface area contributed by atoms with Gasteiger partial charge in [-0.1, -0.05) is 18.2 Å². The number of amides is 1. The molecule has 4 N–H and O–H groups in total. The van der Waals surface area contributed by atoms with Gasteiger partial charge >= 0.3 is 0 Å². The van der Waals surface area contributed by atoms with Gasteiger partial charge < -0.3 is 16.0 Å². The van der Waals surface area contributed by atoms with Gasteiger partial charge in [-0.05, 0) is 30.2 Å². The monoisotopic (exact) mass is 253 g/mol. The molecule has 19 heavy (non-hydrogen) atoms. The molecule has 2 aromatic rings. The van der Waals surface area contributed by atoms with E-state index >= 15 is 0 Å². The van der Waals surface area contributed by atoms with Gasteiger partial charge in [0.1, 0.15) is 0 Å². The molecule has 0 unspecified atom stereocenters. The quantitative estimate of drug-likeness (QED) is 0.718. The van der Waals surface area contributed by atoms with E-state index < -0.39 is 0 Å². The van der Waals surface area contributed by atoms with Crippen LogP contribution in [0, 0.1) is 6.92 Å². The Morgan fingerprint density at radius 1 is 1.32 bits per heavy atom. The Bertz CT molecular complexity index is 682. The Balaban J connectivity index is 2.09. The van der Waals surface area contributed by atoms with Gasteiger partial charge in [0.25, 0.3) is 5.91 Å². The molecule has 0 spiro atoms. The highest BCUT2D eigenvalue weighted by Crippen LogP contribution is 2.33. The molecule has 96 valence electrons. The van der Waals surface area contributed by atoms with Crippen molar-refractivity contribution in [1.29, 1.82) is 0 Å². The lowest BCUT2D eigenvalue weighted by atomic mass is 10.0. The molecule has 1 aromatic carbocycles. The standard InChI is InChI=1S/C15H15N3O/c1-9-10(7-16)8-17-14(9)6-12-11-4-2-3-5-13(11)18-15(12)19/h2-6,8,17H,7,16H2,1H3,(H,18,19)/b12-6-. The van der Waals surface area contributed by atoms with Gasteiger partial charge in [-0.3, -0.25) is 4.79 Å². The molecule has 0 saturated carbocycles. The third-order valence-corrected chi connectivity index (χ3v) is 3.51.